The van der Waals surface area contributed by atoms with Crippen LogP contribution < -0.4 is 5.73 Å². The summed E-state index contributed by atoms with van der Waals surface area (Å²) in [5.41, 5.74) is 7.46. The summed E-state index contributed by atoms with van der Waals surface area (Å²) in [6.07, 6.45) is 2.51. The van der Waals surface area contributed by atoms with Crippen LogP contribution in [0.3, 0.4) is 0 Å². The Bertz CT molecular complexity index is 436. The summed E-state index contributed by atoms with van der Waals surface area (Å²) < 4.78 is 0. The summed E-state index contributed by atoms with van der Waals surface area (Å²) in [5.74, 6) is 0.370. The van der Waals surface area contributed by atoms with Gasteiger partial charge in [0.15, 0.2) is 0 Å². The third kappa shape index (κ3) is 3.04. The number of pyridine rings is 1. The fourth-order valence-electron chi connectivity index (χ4n) is 2.43. The maximum atomic E-state index is 9.60. The lowest BCUT2D eigenvalue weighted by Gasteiger charge is -2.18. The Labute approximate surface area is 113 Å². The van der Waals surface area contributed by atoms with Crippen LogP contribution in [0.1, 0.15) is 24.6 Å². The second-order valence-corrected chi connectivity index (χ2v) is 5.34. The van der Waals surface area contributed by atoms with E-state index in [1.807, 2.05) is 19.1 Å². The van der Waals surface area contributed by atoms with Gasteiger partial charge in [0.1, 0.15) is 10.7 Å². The topological polar surface area (TPSA) is 62.4 Å². The first-order valence-electron chi connectivity index (χ1n) is 6.22. The molecule has 0 saturated carbocycles. The molecule has 1 saturated heterocycles. The molecule has 0 radical (unpaired) electrons. The van der Waals surface area contributed by atoms with E-state index >= 15 is 0 Å². The Balaban J connectivity index is 2.05. The highest BCUT2D eigenvalue weighted by Crippen LogP contribution is 2.22. The van der Waals surface area contributed by atoms with E-state index in [9.17, 15) is 5.11 Å². The molecule has 2 atom stereocenters. The number of aliphatic hydroxyl groups is 1. The monoisotopic (exact) mass is 265 g/mol. The van der Waals surface area contributed by atoms with Gasteiger partial charge in [-0.3, -0.25) is 9.88 Å². The molecule has 2 unspecified atom stereocenters. The Morgan fingerprint density at radius 1 is 1.72 bits per heavy atom. The Morgan fingerprint density at radius 2 is 2.50 bits per heavy atom. The van der Waals surface area contributed by atoms with E-state index in [2.05, 4.69) is 9.88 Å². The first-order valence-corrected chi connectivity index (χ1v) is 6.63. The number of likely N-dealkylation sites (tertiary alicyclic amines) is 1. The van der Waals surface area contributed by atoms with Gasteiger partial charge in [0.05, 0.1) is 6.10 Å². The van der Waals surface area contributed by atoms with Crippen molar-refractivity contribution in [2.45, 2.75) is 26.0 Å². The maximum Gasteiger partial charge on any atom is 0.123 e. The third-order valence-electron chi connectivity index (χ3n) is 3.51. The van der Waals surface area contributed by atoms with Crippen LogP contribution in [0.5, 0.6) is 0 Å². The number of aromatic nitrogens is 1. The van der Waals surface area contributed by atoms with Gasteiger partial charge >= 0.3 is 0 Å². The van der Waals surface area contributed by atoms with Gasteiger partial charge in [0.25, 0.3) is 0 Å². The van der Waals surface area contributed by atoms with E-state index in [0.717, 1.165) is 31.6 Å². The predicted octanol–water partition coefficient (Wildman–Crippen LogP) is 0.918. The molecule has 1 aromatic heterocycles. The number of nitrogens with two attached hydrogens (primary N) is 1. The smallest absolute Gasteiger partial charge is 0.123 e. The molecule has 0 aromatic carbocycles. The minimum atomic E-state index is -0.237. The molecule has 1 aliphatic heterocycles. The van der Waals surface area contributed by atoms with E-state index in [-0.39, 0.29) is 6.10 Å². The van der Waals surface area contributed by atoms with Crippen molar-refractivity contribution >= 4 is 17.2 Å². The molecule has 2 rings (SSSR count). The van der Waals surface area contributed by atoms with Gasteiger partial charge in [-0.05, 0) is 37.4 Å². The average Bonchev–Trinajstić information content (AvgIpc) is 2.78. The van der Waals surface area contributed by atoms with Crippen LogP contribution in [0.15, 0.2) is 18.3 Å². The van der Waals surface area contributed by atoms with E-state index in [0.29, 0.717) is 16.6 Å². The Morgan fingerprint density at radius 3 is 3.11 bits per heavy atom. The van der Waals surface area contributed by atoms with Crippen LogP contribution in [0, 0.1) is 5.92 Å². The molecule has 5 heteroatoms. The van der Waals surface area contributed by atoms with Crippen molar-refractivity contribution in [2.75, 3.05) is 13.1 Å². The molecule has 1 aromatic rings. The second kappa shape index (κ2) is 5.73. The molecule has 1 aliphatic rings. The number of nitrogens with zero attached hydrogens (tertiary/aromatic N) is 2. The third-order valence-corrected chi connectivity index (χ3v) is 3.70. The highest BCUT2D eigenvalue weighted by Gasteiger charge is 2.26. The van der Waals surface area contributed by atoms with Crippen LogP contribution >= 0.6 is 12.2 Å². The number of hydrogen-bond acceptors (Lipinski definition) is 4. The van der Waals surface area contributed by atoms with Crippen molar-refractivity contribution in [1.82, 2.24) is 9.88 Å². The Kier molecular flexibility index (Phi) is 4.27. The van der Waals surface area contributed by atoms with Crippen LogP contribution in [0.4, 0.5) is 0 Å². The molecule has 3 N–H and O–H groups in total. The van der Waals surface area contributed by atoms with Gasteiger partial charge in [-0.1, -0.05) is 18.3 Å². The van der Waals surface area contributed by atoms with Gasteiger partial charge in [0, 0.05) is 19.3 Å². The molecule has 4 nitrogen and oxygen atoms in total. The molecule has 0 aliphatic carbocycles. The summed E-state index contributed by atoms with van der Waals surface area (Å²) in [4.78, 5) is 6.89. The van der Waals surface area contributed by atoms with Gasteiger partial charge in [-0.25, -0.2) is 0 Å². The van der Waals surface area contributed by atoms with Crippen LogP contribution in [0.2, 0.25) is 0 Å². The lowest BCUT2D eigenvalue weighted by Crippen LogP contribution is -2.25. The molecule has 98 valence electrons. The first-order chi connectivity index (χ1) is 8.58. The van der Waals surface area contributed by atoms with Crippen molar-refractivity contribution in [3.63, 3.8) is 0 Å². The van der Waals surface area contributed by atoms with Crippen molar-refractivity contribution in [2.24, 2.45) is 11.7 Å². The summed E-state index contributed by atoms with van der Waals surface area (Å²) in [6, 6.07) is 3.91. The van der Waals surface area contributed by atoms with Gasteiger partial charge in [-0.15, -0.1) is 0 Å². The van der Waals surface area contributed by atoms with Crippen LogP contribution in [0.25, 0.3) is 0 Å². The molecular formula is C13H19N3OS. The van der Waals surface area contributed by atoms with E-state index in [4.69, 9.17) is 18.0 Å². The highest BCUT2D eigenvalue weighted by molar-refractivity contribution is 7.80. The number of hydrogen-bond donors (Lipinski definition) is 2. The van der Waals surface area contributed by atoms with E-state index in [1.165, 1.54) is 0 Å². The minimum absolute atomic E-state index is 0.237. The van der Waals surface area contributed by atoms with Gasteiger partial charge in [0.2, 0.25) is 0 Å². The molecule has 0 spiro atoms. The maximum absolute atomic E-state index is 9.60. The molecular weight excluding hydrogens is 246 g/mol. The van der Waals surface area contributed by atoms with Crippen molar-refractivity contribution in [3.8, 4) is 0 Å². The fraction of sp³-hybridized carbons (Fsp3) is 0.538. The zero-order valence-electron chi connectivity index (χ0n) is 10.5. The Hall–Kier alpha value is -1.04. The summed E-state index contributed by atoms with van der Waals surface area (Å²) >= 11 is 5.01. The summed E-state index contributed by atoms with van der Waals surface area (Å²) in [5, 5.41) is 9.60. The molecule has 2 heterocycles. The molecule has 1 fully saturated rings. The summed E-state index contributed by atoms with van der Waals surface area (Å²) in [7, 11) is 0. The SMILES string of the molecule is CC(O)C1CCN(Cc2cccnc2C(N)=S)C1. The minimum Gasteiger partial charge on any atom is -0.393 e. The lowest BCUT2D eigenvalue weighted by molar-refractivity contribution is 0.127. The van der Waals surface area contributed by atoms with Crippen LogP contribution in [-0.4, -0.2) is 39.2 Å². The number of thiocarbonyl (C=S) groups is 1. The average molecular weight is 265 g/mol. The van der Waals surface area contributed by atoms with Crippen molar-refractivity contribution in [3.05, 3.63) is 29.6 Å². The molecule has 18 heavy (non-hydrogen) atoms. The molecule has 0 bridgehead atoms. The first kappa shape index (κ1) is 13.4. The quantitative estimate of drug-likeness (QED) is 0.793. The molecule has 0 amide bonds. The zero-order chi connectivity index (χ0) is 13.1. The zero-order valence-corrected chi connectivity index (χ0v) is 11.4. The normalized spacial score (nSPS) is 22.0. The fourth-order valence-corrected chi connectivity index (χ4v) is 2.61. The van der Waals surface area contributed by atoms with Crippen LogP contribution in [-0.2, 0) is 6.54 Å². The van der Waals surface area contributed by atoms with Gasteiger partial charge < -0.3 is 10.8 Å². The largest absolute Gasteiger partial charge is 0.393 e. The highest BCUT2D eigenvalue weighted by atomic mass is 32.1. The van der Waals surface area contributed by atoms with Crippen molar-refractivity contribution < 1.29 is 5.11 Å². The predicted molar refractivity (Wildman–Crippen MR) is 75.2 cm³/mol. The summed E-state index contributed by atoms with van der Waals surface area (Å²) in [6.45, 7) is 4.58. The van der Waals surface area contributed by atoms with Gasteiger partial charge in [-0.2, -0.15) is 0 Å². The van der Waals surface area contributed by atoms with E-state index in [1.54, 1.807) is 6.20 Å². The van der Waals surface area contributed by atoms with E-state index < -0.39 is 0 Å². The second-order valence-electron chi connectivity index (χ2n) is 4.90. The van der Waals surface area contributed by atoms with Crippen molar-refractivity contribution in [1.29, 1.82) is 0 Å². The standard InChI is InChI=1S/C13H19N3OS/c1-9(17)10-4-6-16(7-10)8-11-3-2-5-15-12(11)13(14)18/h2-3,5,9-10,17H,4,6-8H2,1H3,(H2,14,18). The lowest BCUT2D eigenvalue weighted by atomic mass is 10.0. The number of rotatable bonds is 4. The number of aliphatic hydroxyl groups excluding tert-OH is 1.